The van der Waals surface area contributed by atoms with Gasteiger partial charge < -0.3 is 19.3 Å². The van der Waals surface area contributed by atoms with E-state index in [0.29, 0.717) is 36.4 Å². The van der Waals surface area contributed by atoms with E-state index in [-0.39, 0.29) is 12.2 Å². The molecule has 3 rings (SSSR count). The minimum atomic E-state index is -0.613. The molecule has 1 heterocycles. The highest BCUT2D eigenvalue weighted by Crippen LogP contribution is 2.37. The Bertz CT molecular complexity index is 1090. The summed E-state index contributed by atoms with van der Waals surface area (Å²) in [6.07, 6.45) is -0.613. The van der Waals surface area contributed by atoms with Crippen molar-refractivity contribution in [3.05, 3.63) is 60.2 Å². The van der Waals surface area contributed by atoms with Crippen LogP contribution in [0.3, 0.4) is 0 Å². The fourth-order valence-electron chi connectivity index (χ4n) is 4.10. The first-order valence-corrected chi connectivity index (χ1v) is 12.5. The van der Waals surface area contributed by atoms with Crippen LogP contribution in [0.4, 0.5) is 0 Å². The highest BCUT2D eigenvalue weighted by Gasteiger charge is 2.25. The van der Waals surface area contributed by atoms with Crippen LogP contribution in [0.15, 0.2) is 54.6 Å². The second kappa shape index (κ2) is 12.4. The lowest BCUT2D eigenvalue weighted by atomic mass is 10.1. The minimum absolute atomic E-state index is 0.279. The van der Waals surface area contributed by atoms with Crippen LogP contribution in [0.1, 0.15) is 40.2 Å². The molecule has 0 saturated heterocycles. The first kappa shape index (κ1) is 27.7. The third kappa shape index (κ3) is 7.82. The number of nitrogens with zero attached hydrogens (tertiary/aromatic N) is 3. The van der Waals surface area contributed by atoms with Crippen molar-refractivity contribution in [3.8, 4) is 28.6 Å². The largest absolute Gasteiger partial charge is 0.493 e. The van der Waals surface area contributed by atoms with Crippen molar-refractivity contribution >= 4 is 0 Å². The van der Waals surface area contributed by atoms with Gasteiger partial charge in [0.1, 0.15) is 5.69 Å². The minimum Gasteiger partial charge on any atom is -0.493 e. The van der Waals surface area contributed by atoms with Gasteiger partial charge in [0.05, 0.1) is 31.0 Å². The molecular weight excluding hydrogens is 454 g/mol. The van der Waals surface area contributed by atoms with E-state index < -0.39 is 6.10 Å². The Morgan fingerprint density at radius 1 is 0.972 bits per heavy atom. The SMILES string of the molecule is COc1ccccc1Oc1c(CN(CC(C)C)C[C@H](O)COC(C)(C)C)c(-c2ccccc2)nn1C. The lowest BCUT2D eigenvalue weighted by molar-refractivity contribution is -0.0573. The predicted molar refractivity (Wildman–Crippen MR) is 144 cm³/mol. The molecule has 0 saturated carbocycles. The Kier molecular flexibility index (Phi) is 9.54. The van der Waals surface area contributed by atoms with Crippen molar-refractivity contribution in [1.82, 2.24) is 14.7 Å². The molecule has 0 aliphatic rings. The van der Waals surface area contributed by atoms with Crippen LogP contribution in [0.25, 0.3) is 11.3 Å². The van der Waals surface area contributed by atoms with E-state index in [1.54, 1.807) is 11.8 Å². The summed E-state index contributed by atoms with van der Waals surface area (Å²) in [5.41, 5.74) is 2.53. The molecule has 3 aromatic rings. The molecular formula is C29H41N3O4. The first-order chi connectivity index (χ1) is 17.1. The molecule has 36 heavy (non-hydrogen) atoms. The third-order valence-corrected chi connectivity index (χ3v) is 5.59. The lowest BCUT2D eigenvalue weighted by Gasteiger charge is -2.29. The van der Waals surface area contributed by atoms with E-state index >= 15 is 0 Å². The van der Waals surface area contributed by atoms with Crippen molar-refractivity contribution in [1.29, 1.82) is 0 Å². The number of hydrogen-bond donors (Lipinski definition) is 1. The van der Waals surface area contributed by atoms with Crippen molar-refractivity contribution in [3.63, 3.8) is 0 Å². The number of para-hydroxylation sites is 2. The normalized spacial score (nSPS) is 12.8. The van der Waals surface area contributed by atoms with Gasteiger partial charge in [-0.3, -0.25) is 4.90 Å². The molecule has 1 atom stereocenters. The number of rotatable bonds is 12. The van der Waals surface area contributed by atoms with Crippen molar-refractivity contribution < 1.29 is 19.3 Å². The summed E-state index contributed by atoms with van der Waals surface area (Å²) in [5, 5.41) is 15.7. The fourth-order valence-corrected chi connectivity index (χ4v) is 4.10. The van der Waals surface area contributed by atoms with Crippen LogP contribution in [0.2, 0.25) is 0 Å². The molecule has 0 radical (unpaired) electrons. The second-order valence-electron chi connectivity index (χ2n) is 10.5. The van der Waals surface area contributed by atoms with Crippen molar-refractivity contribution in [2.45, 2.75) is 52.9 Å². The summed E-state index contributed by atoms with van der Waals surface area (Å²) >= 11 is 0. The standard InChI is InChI=1S/C29H41N3O4/c1-21(2)17-32(18-23(33)20-35-29(3,4)5)19-24-27(22-13-9-8-10-14-22)30-31(6)28(24)36-26-16-12-11-15-25(26)34-7/h8-16,21,23,33H,17-20H2,1-7H3/t23-/m0/s1. The zero-order valence-corrected chi connectivity index (χ0v) is 22.7. The Morgan fingerprint density at radius 3 is 2.22 bits per heavy atom. The highest BCUT2D eigenvalue weighted by molar-refractivity contribution is 5.66. The summed E-state index contributed by atoms with van der Waals surface area (Å²) in [6, 6.07) is 17.7. The van der Waals surface area contributed by atoms with Crippen LogP contribution < -0.4 is 9.47 Å². The average Bonchev–Trinajstić information content (AvgIpc) is 3.12. The van der Waals surface area contributed by atoms with Gasteiger partial charge in [-0.15, -0.1) is 0 Å². The second-order valence-corrected chi connectivity index (χ2v) is 10.5. The molecule has 7 heteroatoms. The molecule has 1 N–H and O–H groups in total. The van der Waals surface area contributed by atoms with E-state index in [4.69, 9.17) is 19.3 Å². The average molecular weight is 496 g/mol. The Labute approximate surface area is 215 Å². The summed E-state index contributed by atoms with van der Waals surface area (Å²) in [4.78, 5) is 2.25. The third-order valence-electron chi connectivity index (χ3n) is 5.59. The maximum atomic E-state index is 10.8. The Hall–Kier alpha value is -2.87. The molecule has 0 unspecified atom stereocenters. The maximum absolute atomic E-state index is 10.8. The maximum Gasteiger partial charge on any atom is 0.222 e. The van der Waals surface area contributed by atoms with Gasteiger partial charge in [0.2, 0.25) is 5.88 Å². The number of methoxy groups -OCH3 is 1. The fraction of sp³-hybridized carbons (Fsp3) is 0.483. The molecule has 0 bridgehead atoms. The highest BCUT2D eigenvalue weighted by atomic mass is 16.5. The van der Waals surface area contributed by atoms with Crippen LogP contribution in [0, 0.1) is 5.92 Å². The van der Waals surface area contributed by atoms with Gasteiger partial charge >= 0.3 is 0 Å². The van der Waals surface area contributed by atoms with Crippen molar-refractivity contribution in [2.24, 2.45) is 13.0 Å². The van der Waals surface area contributed by atoms with Crippen molar-refractivity contribution in [2.75, 3.05) is 26.8 Å². The van der Waals surface area contributed by atoms with Crippen LogP contribution in [-0.2, 0) is 18.3 Å². The van der Waals surface area contributed by atoms with Gasteiger partial charge in [0.15, 0.2) is 11.5 Å². The molecule has 196 valence electrons. The van der Waals surface area contributed by atoms with Gasteiger partial charge in [-0.05, 0) is 38.8 Å². The molecule has 7 nitrogen and oxygen atoms in total. The number of aliphatic hydroxyl groups excluding tert-OH is 1. The molecule has 1 aromatic heterocycles. The topological polar surface area (TPSA) is 69.0 Å². The van der Waals surface area contributed by atoms with E-state index in [2.05, 4.69) is 30.9 Å². The molecule has 0 fully saturated rings. The zero-order valence-electron chi connectivity index (χ0n) is 22.7. The molecule has 0 aliphatic carbocycles. The summed E-state index contributed by atoms with van der Waals surface area (Å²) in [6.45, 7) is 12.5. The van der Waals surface area contributed by atoms with Gasteiger partial charge in [-0.2, -0.15) is 5.10 Å². The van der Waals surface area contributed by atoms with E-state index in [1.165, 1.54) is 0 Å². The first-order valence-electron chi connectivity index (χ1n) is 12.5. The number of ether oxygens (including phenoxy) is 3. The summed E-state index contributed by atoms with van der Waals surface area (Å²) < 4.78 is 19.6. The van der Waals surface area contributed by atoms with E-state index in [9.17, 15) is 5.11 Å². The molecule has 0 spiro atoms. The van der Waals surface area contributed by atoms with Gasteiger partial charge in [0.25, 0.3) is 0 Å². The summed E-state index contributed by atoms with van der Waals surface area (Å²) in [5.74, 6) is 2.33. The Balaban J connectivity index is 1.97. The quantitative estimate of drug-likeness (QED) is 0.357. The summed E-state index contributed by atoms with van der Waals surface area (Å²) in [7, 11) is 3.52. The number of benzene rings is 2. The van der Waals surface area contributed by atoms with Gasteiger partial charge in [-0.25, -0.2) is 4.68 Å². The smallest absolute Gasteiger partial charge is 0.222 e. The molecule has 0 aliphatic heterocycles. The van der Waals surface area contributed by atoms with Crippen LogP contribution in [-0.4, -0.2) is 58.3 Å². The lowest BCUT2D eigenvalue weighted by Crippen LogP contribution is -2.38. The number of aryl methyl sites for hydroxylation is 1. The zero-order chi connectivity index (χ0) is 26.3. The van der Waals surface area contributed by atoms with Crippen LogP contribution in [0.5, 0.6) is 17.4 Å². The van der Waals surface area contributed by atoms with Crippen LogP contribution >= 0.6 is 0 Å². The number of aromatic nitrogens is 2. The number of aliphatic hydroxyl groups is 1. The van der Waals surface area contributed by atoms with Gasteiger partial charge in [-0.1, -0.05) is 56.3 Å². The predicted octanol–water partition coefficient (Wildman–Crippen LogP) is 5.52. The van der Waals surface area contributed by atoms with Gasteiger partial charge in [0, 0.05) is 32.2 Å². The van der Waals surface area contributed by atoms with E-state index in [0.717, 1.165) is 23.4 Å². The Morgan fingerprint density at radius 2 is 1.61 bits per heavy atom. The molecule has 2 aromatic carbocycles. The number of hydrogen-bond acceptors (Lipinski definition) is 6. The monoisotopic (exact) mass is 495 g/mol. The van der Waals surface area contributed by atoms with E-state index in [1.807, 2.05) is 70.3 Å². The molecule has 0 amide bonds.